The average molecular weight is 349 g/mol. The Labute approximate surface area is 143 Å². The lowest BCUT2D eigenvalue weighted by Gasteiger charge is -2.16. The minimum atomic E-state index is -0.649. The Balaban J connectivity index is 2.17. The van der Waals surface area contributed by atoms with E-state index in [1.807, 2.05) is 0 Å². The number of nitrogens with zero attached hydrogens (tertiary/aromatic N) is 4. The van der Waals surface area contributed by atoms with Gasteiger partial charge in [-0.15, -0.1) is 0 Å². The van der Waals surface area contributed by atoms with Gasteiger partial charge in [-0.2, -0.15) is 9.78 Å². The molecule has 1 aromatic heterocycles. The van der Waals surface area contributed by atoms with Crippen LogP contribution in [0.3, 0.4) is 0 Å². The van der Waals surface area contributed by atoms with Crippen molar-refractivity contribution in [2.45, 2.75) is 26.3 Å². The Hall–Kier alpha value is -2.41. The molecule has 8 heteroatoms. The first kappa shape index (κ1) is 16.4. The highest BCUT2D eigenvalue weighted by atomic mass is 35.5. The molecule has 0 bridgehead atoms. The molecular formula is C16H17ClN4O3. The summed E-state index contributed by atoms with van der Waals surface area (Å²) in [5, 5.41) is 4.58. The van der Waals surface area contributed by atoms with Crippen LogP contribution in [0.2, 0.25) is 5.02 Å². The molecule has 7 nitrogen and oxygen atoms in total. The Morgan fingerprint density at radius 2 is 1.79 bits per heavy atom. The van der Waals surface area contributed by atoms with Crippen LogP contribution in [0.4, 0.5) is 0 Å². The molecule has 1 fully saturated rings. The predicted octanol–water partition coefficient (Wildman–Crippen LogP) is 1.30. The first-order valence-corrected chi connectivity index (χ1v) is 8.20. The van der Waals surface area contributed by atoms with Gasteiger partial charge in [0.1, 0.15) is 0 Å². The Morgan fingerprint density at radius 1 is 1.17 bits per heavy atom. The van der Waals surface area contributed by atoms with Crippen molar-refractivity contribution in [3.63, 3.8) is 0 Å². The van der Waals surface area contributed by atoms with Crippen molar-refractivity contribution in [2.75, 3.05) is 13.1 Å². The topological polar surface area (TPSA) is 77.2 Å². The zero-order valence-corrected chi connectivity index (χ0v) is 14.0. The third kappa shape index (κ3) is 2.87. The Bertz CT molecular complexity index is 880. The fourth-order valence-electron chi connectivity index (χ4n) is 2.75. The molecule has 2 aromatic rings. The number of rotatable bonds is 3. The lowest BCUT2D eigenvalue weighted by Crippen LogP contribution is -2.46. The molecular weight excluding hydrogens is 332 g/mol. The largest absolute Gasteiger partial charge is 0.352 e. The van der Waals surface area contributed by atoms with Gasteiger partial charge in [-0.05, 0) is 44.0 Å². The summed E-state index contributed by atoms with van der Waals surface area (Å²) < 4.78 is 2.09. The van der Waals surface area contributed by atoms with Crippen LogP contribution in [-0.2, 0) is 6.54 Å². The van der Waals surface area contributed by atoms with E-state index in [1.165, 1.54) is 0 Å². The first-order chi connectivity index (χ1) is 11.5. The highest BCUT2D eigenvalue weighted by Crippen LogP contribution is 2.12. The second-order valence-corrected chi connectivity index (χ2v) is 6.00. The van der Waals surface area contributed by atoms with Crippen molar-refractivity contribution in [1.82, 2.24) is 19.2 Å². The van der Waals surface area contributed by atoms with E-state index in [0.29, 0.717) is 23.8 Å². The number of amides is 1. The molecule has 0 atom stereocenters. The summed E-state index contributed by atoms with van der Waals surface area (Å²) >= 11 is 5.87. The minimum absolute atomic E-state index is 0.161. The Kier molecular flexibility index (Phi) is 4.53. The van der Waals surface area contributed by atoms with Gasteiger partial charge >= 0.3 is 5.69 Å². The summed E-state index contributed by atoms with van der Waals surface area (Å²) in [7, 11) is 0. The van der Waals surface area contributed by atoms with Gasteiger partial charge in [0.05, 0.1) is 5.69 Å². The molecule has 3 rings (SSSR count). The number of aromatic nitrogens is 3. The molecule has 0 saturated carbocycles. The van der Waals surface area contributed by atoms with E-state index in [9.17, 15) is 14.4 Å². The van der Waals surface area contributed by atoms with E-state index in [-0.39, 0.29) is 12.2 Å². The van der Waals surface area contributed by atoms with Crippen molar-refractivity contribution < 1.29 is 4.79 Å². The van der Waals surface area contributed by atoms with Crippen LogP contribution in [0, 0.1) is 0 Å². The molecule has 0 N–H and O–H groups in total. The molecule has 1 aliphatic heterocycles. The molecule has 1 saturated heterocycles. The van der Waals surface area contributed by atoms with Gasteiger partial charge in [-0.25, -0.2) is 4.79 Å². The van der Waals surface area contributed by atoms with Gasteiger partial charge in [-0.1, -0.05) is 11.6 Å². The lowest BCUT2D eigenvalue weighted by molar-refractivity contribution is 0.0781. The maximum atomic E-state index is 12.6. The second-order valence-electron chi connectivity index (χ2n) is 5.57. The third-order valence-electron chi connectivity index (χ3n) is 4.04. The summed E-state index contributed by atoms with van der Waals surface area (Å²) in [4.78, 5) is 39.2. The number of hydrogen-bond donors (Lipinski definition) is 0. The van der Waals surface area contributed by atoms with Crippen LogP contribution in [-0.4, -0.2) is 38.2 Å². The summed E-state index contributed by atoms with van der Waals surface area (Å²) in [6, 6.07) is 6.47. The predicted molar refractivity (Wildman–Crippen MR) is 89.9 cm³/mol. The van der Waals surface area contributed by atoms with Crippen LogP contribution in [0.15, 0.2) is 33.9 Å². The van der Waals surface area contributed by atoms with Gasteiger partial charge in [0.2, 0.25) is 5.69 Å². The fraction of sp³-hybridized carbons (Fsp3) is 0.375. The van der Waals surface area contributed by atoms with Crippen LogP contribution in [0.5, 0.6) is 0 Å². The number of carbonyl (C=O) groups excluding carboxylic acids is 1. The standard InChI is InChI=1S/C16H17ClN4O3/c1-2-20-15(23)13(14(22)19-9-3-4-10-19)18-21(16(20)24)12-7-5-11(17)6-8-12/h5-8H,2-4,9-10H2,1H3. The van der Waals surface area contributed by atoms with Crippen molar-refractivity contribution >= 4 is 17.5 Å². The zero-order chi connectivity index (χ0) is 17.3. The van der Waals surface area contributed by atoms with E-state index >= 15 is 0 Å². The molecule has 0 radical (unpaired) electrons. The normalized spacial score (nSPS) is 14.2. The van der Waals surface area contributed by atoms with Crippen LogP contribution < -0.4 is 11.2 Å². The summed E-state index contributed by atoms with van der Waals surface area (Å²) in [5.74, 6) is -0.428. The lowest BCUT2D eigenvalue weighted by atomic mass is 10.3. The molecule has 1 aliphatic rings. The van der Waals surface area contributed by atoms with Crippen molar-refractivity contribution in [2.24, 2.45) is 0 Å². The van der Waals surface area contributed by atoms with Crippen molar-refractivity contribution in [3.05, 3.63) is 55.8 Å². The SMILES string of the molecule is CCn1c(=O)c(C(=O)N2CCCC2)nn(-c2ccc(Cl)cc2)c1=O. The maximum absolute atomic E-state index is 12.6. The number of halogens is 1. The number of benzene rings is 1. The summed E-state index contributed by atoms with van der Waals surface area (Å²) in [5.41, 5.74) is -1.01. The molecule has 0 spiro atoms. The van der Waals surface area contributed by atoms with Crippen molar-refractivity contribution in [3.8, 4) is 5.69 Å². The molecule has 126 valence electrons. The monoisotopic (exact) mass is 348 g/mol. The van der Waals surface area contributed by atoms with E-state index in [4.69, 9.17) is 11.6 Å². The fourth-order valence-corrected chi connectivity index (χ4v) is 2.87. The zero-order valence-electron chi connectivity index (χ0n) is 13.2. The maximum Gasteiger partial charge on any atom is 0.352 e. The van der Waals surface area contributed by atoms with Gasteiger partial charge in [0.25, 0.3) is 11.5 Å². The highest BCUT2D eigenvalue weighted by molar-refractivity contribution is 6.30. The molecule has 0 unspecified atom stereocenters. The molecule has 1 aromatic carbocycles. The highest BCUT2D eigenvalue weighted by Gasteiger charge is 2.26. The van der Waals surface area contributed by atoms with E-state index in [1.54, 1.807) is 36.1 Å². The van der Waals surface area contributed by atoms with Gasteiger partial charge in [0, 0.05) is 24.7 Å². The van der Waals surface area contributed by atoms with Crippen LogP contribution in [0.25, 0.3) is 5.69 Å². The second kappa shape index (κ2) is 6.60. The van der Waals surface area contributed by atoms with Crippen LogP contribution >= 0.6 is 11.6 Å². The molecule has 1 amide bonds. The number of carbonyl (C=O) groups is 1. The average Bonchev–Trinajstić information content (AvgIpc) is 3.11. The van der Waals surface area contributed by atoms with Crippen molar-refractivity contribution in [1.29, 1.82) is 0 Å². The van der Waals surface area contributed by atoms with Gasteiger partial charge in [0.15, 0.2) is 0 Å². The first-order valence-electron chi connectivity index (χ1n) is 7.82. The summed E-state index contributed by atoms with van der Waals surface area (Å²) in [6.45, 7) is 3.05. The Morgan fingerprint density at radius 3 is 2.38 bits per heavy atom. The van der Waals surface area contributed by atoms with Crippen LogP contribution in [0.1, 0.15) is 30.3 Å². The number of likely N-dealkylation sites (tertiary alicyclic amines) is 1. The summed E-state index contributed by atoms with van der Waals surface area (Å²) in [6.07, 6.45) is 1.81. The van der Waals surface area contributed by atoms with Gasteiger partial charge < -0.3 is 4.90 Å². The number of hydrogen-bond acceptors (Lipinski definition) is 4. The van der Waals surface area contributed by atoms with Gasteiger partial charge in [-0.3, -0.25) is 14.2 Å². The third-order valence-corrected chi connectivity index (χ3v) is 4.30. The minimum Gasteiger partial charge on any atom is -0.337 e. The van der Waals surface area contributed by atoms with E-state index in [2.05, 4.69) is 5.10 Å². The smallest absolute Gasteiger partial charge is 0.337 e. The molecule has 0 aliphatic carbocycles. The molecule has 24 heavy (non-hydrogen) atoms. The quantitative estimate of drug-likeness (QED) is 0.837. The van der Waals surface area contributed by atoms with E-state index < -0.39 is 17.2 Å². The molecule has 2 heterocycles. The van der Waals surface area contributed by atoms with E-state index in [0.717, 1.165) is 22.1 Å².